The average molecular weight is 311 g/mol. The first kappa shape index (κ1) is 15.2. The summed E-state index contributed by atoms with van der Waals surface area (Å²) in [5, 5.41) is 9.07. The highest BCUT2D eigenvalue weighted by Gasteiger charge is 2.42. The van der Waals surface area contributed by atoms with Crippen LogP contribution in [0.2, 0.25) is 0 Å². The van der Waals surface area contributed by atoms with Gasteiger partial charge in [0.2, 0.25) is 10.0 Å². The van der Waals surface area contributed by atoms with Gasteiger partial charge in [0.15, 0.2) is 9.84 Å². The summed E-state index contributed by atoms with van der Waals surface area (Å²) in [5.74, 6) is -0.347. The normalized spacial score (nSPS) is 35.6. The van der Waals surface area contributed by atoms with Gasteiger partial charge < -0.3 is 5.11 Å². The molecule has 2 fully saturated rings. The van der Waals surface area contributed by atoms with Gasteiger partial charge in [-0.1, -0.05) is 12.8 Å². The maximum Gasteiger partial charge on any atom is 0.218 e. The fourth-order valence-electron chi connectivity index (χ4n) is 2.94. The van der Waals surface area contributed by atoms with Crippen molar-refractivity contribution in [1.29, 1.82) is 0 Å². The van der Waals surface area contributed by atoms with Crippen molar-refractivity contribution in [2.24, 2.45) is 0 Å². The predicted octanol–water partition coefficient (Wildman–Crippen LogP) is -0.261. The summed E-state index contributed by atoms with van der Waals surface area (Å²) in [5.41, 5.74) is 0. The molecule has 0 radical (unpaired) electrons. The number of aliphatic hydroxyl groups excluding tert-OH is 1. The van der Waals surface area contributed by atoms with Gasteiger partial charge in [-0.05, 0) is 19.3 Å². The van der Waals surface area contributed by atoms with Gasteiger partial charge >= 0.3 is 0 Å². The molecule has 1 aliphatic carbocycles. The van der Waals surface area contributed by atoms with E-state index in [2.05, 4.69) is 0 Å². The van der Waals surface area contributed by atoms with Crippen LogP contribution in [0.1, 0.15) is 32.1 Å². The molecule has 6 nitrogen and oxygen atoms in total. The number of hydrogen-bond donors (Lipinski definition) is 1. The first-order valence-corrected chi connectivity index (χ1v) is 9.92. The van der Waals surface area contributed by atoms with E-state index >= 15 is 0 Å². The Hall–Kier alpha value is -0.180. The maximum atomic E-state index is 12.4. The van der Waals surface area contributed by atoms with Crippen molar-refractivity contribution in [3.63, 3.8) is 0 Å². The molecule has 0 aromatic carbocycles. The summed E-state index contributed by atoms with van der Waals surface area (Å²) in [6, 6.07) is -0.415. The number of nitrogens with zero attached hydrogens (tertiary/aromatic N) is 1. The smallest absolute Gasteiger partial charge is 0.218 e. The first-order chi connectivity index (χ1) is 8.74. The van der Waals surface area contributed by atoms with Crippen LogP contribution in [0.15, 0.2) is 0 Å². The van der Waals surface area contributed by atoms with Crippen LogP contribution < -0.4 is 0 Å². The molecule has 1 heterocycles. The second-order valence-corrected chi connectivity index (χ2v) is 10.0. The quantitative estimate of drug-likeness (QED) is 0.775. The Bertz CT molecular complexity index is 527. The summed E-state index contributed by atoms with van der Waals surface area (Å²) in [6.07, 6.45) is 2.56. The minimum absolute atomic E-state index is 0.0576. The van der Waals surface area contributed by atoms with E-state index in [9.17, 15) is 21.9 Å². The number of rotatable bonds is 3. The van der Waals surface area contributed by atoms with Crippen LogP contribution >= 0.6 is 0 Å². The summed E-state index contributed by atoms with van der Waals surface area (Å²) in [4.78, 5) is 0. The molecule has 1 aliphatic heterocycles. The van der Waals surface area contributed by atoms with Crippen molar-refractivity contribution >= 4 is 19.9 Å². The van der Waals surface area contributed by atoms with Crippen LogP contribution in [0.5, 0.6) is 0 Å². The van der Waals surface area contributed by atoms with Crippen molar-refractivity contribution in [2.75, 3.05) is 18.6 Å². The van der Waals surface area contributed by atoms with Crippen LogP contribution in [0.4, 0.5) is 0 Å². The molecule has 2 rings (SSSR count). The molecule has 0 amide bonds. The van der Waals surface area contributed by atoms with E-state index in [0.29, 0.717) is 12.8 Å². The molecule has 19 heavy (non-hydrogen) atoms. The van der Waals surface area contributed by atoms with E-state index in [4.69, 9.17) is 0 Å². The van der Waals surface area contributed by atoms with Gasteiger partial charge in [0.05, 0.1) is 28.9 Å². The Balaban J connectivity index is 2.15. The topological polar surface area (TPSA) is 91.8 Å². The molecular formula is C11H21NO5S2. The van der Waals surface area contributed by atoms with Gasteiger partial charge in [-0.2, -0.15) is 4.31 Å². The average Bonchev–Trinajstić information content (AvgIpc) is 2.70. The lowest BCUT2D eigenvalue weighted by Crippen LogP contribution is -2.49. The molecule has 3 atom stereocenters. The highest BCUT2D eigenvalue weighted by Crippen LogP contribution is 2.28. The largest absolute Gasteiger partial charge is 0.391 e. The van der Waals surface area contributed by atoms with Gasteiger partial charge in [0.1, 0.15) is 0 Å². The Morgan fingerprint density at radius 2 is 1.79 bits per heavy atom. The van der Waals surface area contributed by atoms with Crippen LogP contribution in [-0.2, 0) is 19.9 Å². The van der Waals surface area contributed by atoms with Crippen LogP contribution in [0, 0.1) is 0 Å². The number of aliphatic hydroxyl groups is 1. The summed E-state index contributed by atoms with van der Waals surface area (Å²) in [6.45, 7) is 0. The van der Waals surface area contributed by atoms with Crippen molar-refractivity contribution in [3.8, 4) is 0 Å². The second kappa shape index (κ2) is 5.31. The van der Waals surface area contributed by atoms with Crippen LogP contribution in [-0.4, -0.2) is 62.2 Å². The van der Waals surface area contributed by atoms with Crippen LogP contribution in [0.3, 0.4) is 0 Å². The van der Waals surface area contributed by atoms with Crippen molar-refractivity contribution < 1.29 is 21.9 Å². The molecule has 1 saturated heterocycles. The number of sulfonamides is 1. The highest BCUT2D eigenvalue weighted by atomic mass is 32.2. The van der Waals surface area contributed by atoms with E-state index in [1.807, 2.05) is 0 Å². The van der Waals surface area contributed by atoms with Gasteiger partial charge in [-0.25, -0.2) is 16.8 Å². The Kier molecular flexibility index (Phi) is 4.25. The molecule has 0 aromatic rings. The lowest BCUT2D eigenvalue weighted by atomic mass is 9.93. The number of sulfone groups is 1. The third-order valence-electron chi connectivity index (χ3n) is 4.17. The zero-order valence-corrected chi connectivity index (χ0v) is 12.7. The Morgan fingerprint density at radius 3 is 2.32 bits per heavy atom. The molecule has 2 aliphatic rings. The van der Waals surface area contributed by atoms with E-state index in [1.165, 1.54) is 11.4 Å². The fraction of sp³-hybridized carbons (Fsp3) is 1.00. The Labute approximate surface area is 114 Å². The van der Waals surface area contributed by atoms with E-state index in [0.717, 1.165) is 12.8 Å². The minimum Gasteiger partial charge on any atom is -0.391 e. The Morgan fingerprint density at radius 1 is 1.16 bits per heavy atom. The molecule has 8 heteroatoms. The molecule has 0 aromatic heterocycles. The maximum absolute atomic E-state index is 12.4. The second-order valence-electron chi connectivity index (χ2n) is 5.51. The number of hydrogen-bond acceptors (Lipinski definition) is 5. The van der Waals surface area contributed by atoms with E-state index in [1.54, 1.807) is 0 Å². The van der Waals surface area contributed by atoms with Crippen molar-refractivity contribution in [3.05, 3.63) is 0 Å². The number of likely N-dealkylation sites (N-methyl/N-ethyl adjacent to an activating group) is 1. The monoisotopic (exact) mass is 311 g/mol. The summed E-state index contributed by atoms with van der Waals surface area (Å²) >= 11 is 0. The molecule has 1 saturated carbocycles. The molecule has 112 valence electrons. The zero-order valence-electron chi connectivity index (χ0n) is 11.0. The molecule has 0 spiro atoms. The molecule has 3 unspecified atom stereocenters. The predicted molar refractivity (Wildman–Crippen MR) is 72.0 cm³/mol. The third-order valence-corrected chi connectivity index (χ3v) is 8.47. The van der Waals surface area contributed by atoms with Crippen molar-refractivity contribution in [1.82, 2.24) is 4.31 Å². The molecular weight excluding hydrogens is 290 g/mol. The van der Waals surface area contributed by atoms with Gasteiger partial charge in [-0.15, -0.1) is 0 Å². The third kappa shape index (κ3) is 3.12. The van der Waals surface area contributed by atoms with Gasteiger partial charge in [0, 0.05) is 7.05 Å². The molecule has 0 bridgehead atoms. The highest BCUT2D eigenvalue weighted by molar-refractivity contribution is 7.95. The lowest BCUT2D eigenvalue weighted by Gasteiger charge is -2.35. The fourth-order valence-corrected chi connectivity index (χ4v) is 7.45. The SMILES string of the molecule is CN(C1CCCCC1O)S(=O)(=O)C1CCS(=O)(=O)C1. The first-order valence-electron chi connectivity index (χ1n) is 6.59. The van der Waals surface area contributed by atoms with E-state index < -0.39 is 37.3 Å². The van der Waals surface area contributed by atoms with Gasteiger partial charge in [0.25, 0.3) is 0 Å². The van der Waals surface area contributed by atoms with Crippen molar-refractivity contribution in [2.45, 2.75) is 49.5 Å². The lowest BCUT2D eigenvalue weighted by molar-refractivity contribution is 0.0635. The van der Waals surface area contributed by atoms with Crippen LogP contribution in [0.25, 0.3) is 0 Å². The standard InChI is InChI=1S/C11H21NO5S2/c1-12(10-4-2-3-5-11(10)13)19(16,17)9-6-7-18(14,15)8-9/h9-11,13H,2-8H2,1H3. The minimum atomic E-state index is -3.65. The summed E-state index contributed by atoms with van der Waals surface area (Å²) < 4.78 is 48.9. The summed E-state index contributed by atoms with van der Waals surface area (Å²) in [7, 11) is -5.42. The molecule has 1 N–H and O–H groups in total. The zero-order chi connectivity index (χ0) is 14.3. The van der Waals surface area contributed by atoms with Gasteiger partial charge in [-0.3, -0.25) is 0 Å². The van der Waals surface area contributed by atoms with E-state index in [-0.39, 0.29) is 17.9 Å².